The number of pyridine rings is 1. The normalized spacial score (nSPS) is 14.9. The van der Waals surface area contributed by atoms with Crippen molar-refractivity contribution in [3.63, 3.8) is 0 Å². The number of anilines is 2. The SMILES string of the molecule is CC(C)(C)c1ccc(C(=O)Nc2cn3nc(N4CCN(Cc5ccncc5)CC4)ccc3n2)cc1. The Bertz CT molecular complexity index is 1300. The van der Waals surface area contributed by atoms with Crippen molar-refractivity contribution in [1.29, 1.82) is 0 Å². The molecule has 0 spiro atoms. The van der Waals surface area contributed by atoms with E-state index in [1.807, 2.05) is 48.8 Å². The number of amides is 1. The van der Waals surface area contributed by atoms with Gasteiger partial charge in [-0.15, -0.1) is 5.10 Å². The smallest absolute Gasteiger partial charge is 0.256 e. The van der Waals surface area contributed by atoms with Crippen LogP contribution >= 0.6 is 0 Å². The van der Waals surface area contributed by atoms with E-state index in [1.54, 1.807) is 10.7 Å². The highest BCUT2D eigenvalue weighted by Gasteiger charge is 2.19. The van der Waals surface area contributed by atoms with Gasteiger partial charge in [0.1, 0.15) is 5.82 Å². The molecular weight excluding hydrogens is 438 g/mol. The number of rotatable bonds is 5. The van der Waals surface area contributed by atoms with Crippen molar-refractivity contribution < 1.29 is 4.79 Å². The highest BCUT2D eigenvalue weighted by atomic mass is 16.1. The first-order chi connectivity index (χ1) is 16.8. The summed E-state index contributed by atoms with van der Waals surface area (Å²) in [6.45, 7) is 11.2. The van der Waals surface area contributed by atoms with Gasteiger partial charge < -0.3 is 10.2 Å². The Hall–Kier alpha value is -3.78. The van der Waals surface area contributed by atoms with Gasteiger partial charge in [-0.05, 0) is 52.9 Å². The number of imidazole rings is 1. The number of fused-ring (bicyclic) bond motifs is 1. The maximum atomic E-state index is 12.7. The van der Waals surface area contributed by atoms with Crippen molar-refractivity contribution in [2.75, 3.05) is 36.4 Å². The average Bonchev–Trinajstić information content (AvgIpc) is 3.26. The summed E-state index contributed by atoms with van der Waals surface area (Å²) in [7, 11) is 0. The van der Waals surface area contributed by atoms with E-state index in [9.17, 15) is 4.79 Å². The number of carbonyl (C=O) groups is 1. The molecule has 8 nitrogen and oxygen atoms in total. The number of piperazine rings is 1. The molecule has 0 unspecified atom stereocenters. The minimum absolute atomic E-state index is 0.0478. The molecular formula is C27H31N7O. The molecule has 0 bridgehead atoms. The van der Waals surface area contributed by atoms with Crippen LogP contribution < -0.4 is 10.2 Å². The highest BCUT2D eigenvalue weighted by molar-refractivity contribution is 6.03. The first-order valence-electron chi connectivity index (χ1n) is 12.0. The van der Waals surface area contributed by atoms with Gasteiger partial charge >= 0.3 is 0 Å². The van der Waals surface area contributed by atoms with E-state index in [0.29, 0.717) is 17.0 Å². The first-order valence-corrected chi connectivity index (χ1v) is 12.0. The van der Waals surface area contributed by atoms with Crippen LogP contribution in [-0.4, -0.2) is 56.6 Å². The Morgan fingerprint density at radius 1 is 0.943 bits per heavy atom. The standard InChI is InChI=1S/C27H31N7O/c1-27(2,3)22-6-4-21(5-7-22)26(35)30-23-19-34-24(29-23)8-9-25(31-34)33-16-14-32(15-17-33)18-20-10-12-28-13-11-20/h4-13,19H,14-18H2,1-3H3,(H,30,35). The summed E-state index contributed by atoms with van der Waals surface area (Å²) in [4.78, 5) is 26.1. The van der Waals surface area contributed by atoms with Crippen LogP contribution in [0.1, 0.15) is 42.3 Å². The van der Waals surface area contributed by atoms with Crippen LogP contribution in [-0.2, 0) is 12.0 Å². The molecule has 1 N–H and O–H groups in total. The topological polar surface area (TPSA) is 78.7 Å². The van der Waals surface area contributed by atoms with Crippen molar-refractivity contribution in [2.24, 2.45) is 0 Å². The van der Waals surface area contributed by atoms with Crippen LogP contribution in [0.5, 0.6) is 0 Å². The van der Waals surface area contributed by atoms with Crippen molar-refractivity contribution in [2.45, 2.75) is 32.7 Å². The summed E-state index contributed by atoms with van der Waals surface area (Å²) in [6.07, 6.45) is 5.45. The van der Waals surface area contributed by atoms with E-state index in [2.05, 4.69) is 58.0 Å². The molecule has 0 radical (unpaired) electrons. The van der Waals surface area contributed by atoms with E-state index in [0.717, 1.165) is 38.5 Å². The summed E-state index contributed by atoms with van der Waals surface area (Å²) in [6, 6.07) is 15.8. The molecule has 4 heterocycles. The zero-order valence-electron chi connectivity index (χ0n) is 20.5. The molecule has 1 aromatic carbocycles. The monoisotopic (exact) mass is 469 g/mol. The molecule has 1 aliphatic rings. The Labute approximate surface area is 205 Å². The quantitative estimate of drug-likeness (QED) is 0.476. The Kier molecular flexibility index (Phi) is 6.21. The van der Waals surface area contributed by atoms with Gasteiger partial charge in [0.15, 0.2) is 11.5 Å². The van der Waals surface area contributed by atoms with Crippen molar-refractivity contribution in [1.82, 2.24) is 24.5 Å². The first kappa shape index (κ1) is 23.0. The van der Waals surface area contributed by atoms with Crippen molar-refractivity contribution in [3.8, 4) is 0 Å². The minimum atomic E-state index is -0.181. The Morgan fingerprint density at radius 3 is 2.34 bits per heavy atom. The average molecular weight is 470 g/mol. The third-order valence-electron chi connectivity index (χ3n) is 6.41. The van der Waals surface area contributed by atoms with E-state index in [1.165, 1.54) is 11.1 Å². The molecule has 1 amide bonds. The van der Waals surface area contributed by atoms with Gasteiger partial charge in [-0.2, -0.15) is 0 Å². The molecule has 0 atom stereocenters. The number of nitrogens with one attached hydrogen (secondary N) is 1. The second-order valence-electron chi connectivity index (χ2n) is 10.0. The maximum Gasteiger partial charge on any atom is 0.256 e. The summed E-state index contributed by atoms with van der Waals surface area (Å²) in [5.41, 5.74) is 3.83. The molecule has 5 rings (SSSR count). The molecule has 0 saturated carbocycles. The van der Waals surface area contributed by atoms with Crippen LogP contribution in [0, 0.1) is 0 Å². The van der Waals surface area contributed by atoms with Crippen LogP contribution in [0.2, 0.25) is 0 Å². The number of hydrogen-bond donors (Lipinski definition) is 1. The number of carbonyl (C=O) groups excluding carboxylic acids is 1. The molecule has 35 heavy (non-hydrogen) atoms. The molecule has 1 aliphatic heterocycles. The molecule has 180 valence electrons. The van der Waals surface area contributed by atoms with Gasteiger partial charge in [0.05, 0.1) is 6.20 Å². The van der Waals surface area contributed by atoms with Crippen molar-refractivity contribution in [3.05, 3.63) is 83.8 Å². The third-order valence-corrected chi connectivity index (χ3v) is 6.41. The lowest BCUT2D eigenvalue weighted by Gasteiger charge is -2.35. The summed E-state index contributed by atoms with van der Waals surface area (Å²) in [5, 5.41) is 7.65. The minimum Gasteiger partial charge on any atom is -0.353 e. The number of hydrogen-bond acceptors (Lipinski definition) is 6. The molecule has 4 aromatic rings. The Balaban J connectivity index is 1.22. The number of aromatic nitrogens is 4. The zero-order chi connectivity index (χ0) is 24.4. The van der Waals surface area contributed by atoms with E-state index >= 15 is 0 Å². The van der Waals surface area contributed by atoms with Crippen LogP contribution in [0.4, 0.5) is 11.6 Å². The predicted molar refractivity (Wildman–Crippen MR) is 138 cm³/mol. The fourth-order valence-electron chi connectivity index (χ4n) is 4.29. The number of nitrogens with zero attached hydrogens (tertiary/aromatic N) is 6. The Morgan fingerprint density at radius 2 is 1.66 bits per heavy atom. The molecule has 8 heteroatoms. The van der Waals surface area contributed by atoms with E-state index in [4.69, 9.17) is 5.10 Å². The predicted octanol–water partition coefficient (Wildman–Crippen LogP) is 4.00. The summed E-state index contributed by atoms with van der Waals surface area (Å²) in [5.74, 6) is 1.22. The van der Waals surface area contributed by atoms with Gasteiger partial charge in [-0.25, -0.2) is 9.50 Å². The fourth-order valence-corrected chi connectivity index (χ4v) is 4.29. The van der Waals surface area contributed by atoms with Crippen molar-refractivity contribution >= 4 is 23.2 Å². The lowest BCUT2D eigenvalue weighted by molar-refractivity contribution is 0.102. The lowest BCUT2D eigenvalue weighted by Crippen LogP contribution is -2.46. The molecule has 0 aliphatic carbocycles. The third kappa shape index (κ3) is 5.33. The van der Waals surface area contributed by atoms with Crippen LogP contribution in [0.25, 0.3) is 5.65 Å². The second kappa shape index (κ2) is 9.46. The summed E-state index contributed by atoms with van der Waals surface area (Å²) >= 11 is 0. The largest absolute Gasteiger partial charge is 0.353 e. The van der Waals surface area contributed by atoms with Crippen LogP contribution in [0.3, 0.4) is 0 Å². The van der Waals surface area contributed by atoms with Gasteiger partial charge in [0.2, 0.25) is 0 Å². The lowest BCUT2D eigenvalue weighted by atomic mass is 9.87. The molecule has 1 fully saturated rings. The van der Waals surface area contributed by atoms with Gasteiger partial charge in [-0.1, -0.05) is 32.9 Å². The van der Waals surface area contributed by atoms with Gasteiger partial charge in [-0.3, -0.25) is 14.7 Å². The van der Waals surface area contributed by atoms with Crippen LogP contribution in [0.15, 0.2) is 67.1 Å². The molecule has 1 saturated heterocycles. The maximum absolute atomic E-state index is 12.7. The van der Waals surface area contributed by atoms with Gasteiger partial charge in [0.25, 0.3) is 5.91 Å². The van der Waals surface area contributed by atoms with E-state index in [-0.39, 0.29) is 11.3 Å². The van der Waals surface area contributed by atoms with Gasteiger partial charge in [0, 0.05) is 50.7 Å². The zero-order valence-corrected chi connectivity index (χ0v) is 20.5. The highest BCUT2D eigenvalue weighted by Crippen LogP contribution is 2.23. The number of benzene rings is 1. The summed E-state index contributed by atoms with van der Waals surface area (Å²) < 4.78 is 1.73. The second-order valence-corrected chi connectivity index (χ2v) is 10.0. The van der Waals surface area contributed by atoms with E-state index < -0.39 is 0 Å². The fraction of sp³-hybridized carbons (Fsp3) is 0.333. The molecule has 3 aromatic heterocycles.